The normalized spacial score (nSPS) is 12.9. The molecule has 0 spiro atoms. The first-order valence-corrected chi connectivity index (χ1v) is 6.86. The summed E-state index contributed by atoms with van der Waals surface area (Å²) < 4.78 is 0. The number of carbonyl (C=O) groups is 1. The first kappa shape index (κ1) is 14.8. The van der Waals surface area contributed by atoms with Gasteiger partial charge in [0.15, 0.2) is 0 Å². The number of amides is 1. The number of thioether (sulfide) groups is 1. The van der Waals surface area contributed by atoms with Crippen molar-refractivity contribution >= 4 is 17.7 Å². The first-order chi connectivity index (χ1) is 6.99. The van der Waals surface area contributed by atoms with Crippen molar-refractivity contribution in [1.82, 2.24) is 10.2 Å². The van der Waals surface area contributed by atoms with Gasteiger partial charge in [-0.3, -0.25) is 4.79 Å². The molecule has 0 fully saturated rings. The minimum Gasteiger partial charge on any atom is -0.342 e. The van der Waals surface area contributed by atoms with E-state index < -0.39 is 0 Å². The Balaban J connectivity index is 3.78. The smallest absolute Gasteiger partial charge is 0.223 e. The van der Waals surface area contributed by atoms with Crippen molar-refractivity contribution in [1.29, 1.82) is 0 Å². The number of hydrogen-bond donors (Lipinski definition) is 1. The highest BCUT2D eigenvalue weighted by atomic mass is 32.2. The number of carbonyl (C=O) groups excluding carboxylic acids is 1. The average Bonchev–Trinajstić information content (AvgIpc) is 2.16. The van der Waals surface area contributed by atoms with Crippen LogP contribution in [0.3, 0.4) is 0 Å². The number of nitrogens with zero attached hydrogens (tertiary/aromatic N) is 1. The summed E-state index contributed by atoms with van der Waals surface area (Å²) in [6, 6.07) is 0.776. The minimum atomic E-state index is 0.227. The monoisotopic (exact) mass is 232 g/mol. The molecule has 0 bridgehead atoms. The summed E-state index contributed by atoms with van der Waals surface area (Å²) in [6.07, 6.45) is 2.66. The Morgan fingerprint density at radius 3 is 2.47 bits per heavy atom. The van der Waals surface area contributed by atoms with Crippen LogP contribution < -0.4 is 5.32 Å². The summed E-state index contributed by atoms with van der Waals surface area (Å²) in [6.45, 7) is 7.03. The Hall–Kier alpha value is -0.220. The summed E-state index contributed by atoms with van der Waals surface area (Å²) in [4.78, 5) is 13.6. The highest BCUT2D eigenvalue weighted by Gasteiger charge is 2.14. The summed E-state index contributed by atoms with van der Waals surface area (Å²) in [5.41, 5.74) is 0. The van der Waals surface area contributed by atoms with Crippen molar-refractivity contribution < 1.29 is 4.79 Å². The molecule has 0 aromatic heterocycles. The summed E-state index contributed by atoms with van der Waals surface area (Å²) in [5, 5.41) is 3.25. The van der Waals surface area contributed by atoms with Gasteiger partial charge in [-0.2, -0.15) is 11.8 Å². The van der Waals surface area contributed by atoms with E-state index >= 15 is 0 Å². The number of nitrogens with one attached hydrogen (secondary N) is 1. The van der Waals surface area contributed by atoms with Crippen LogP contribution in [-0.2, 0) is 4.79 Å². The van der Waals surface area contributed by atoms with Crippen molar-refractivity contribution in [3.63, 3.8) is 0 Å². The molecular weight excluding hydrogens is 208 g/mol. The molecule has 0 aliphatic heterocycles. The zero-order valence-electron chi connectivity index (χ0n) is 10.5. The van der Waals surface area contributed by atoms with Gasteiger partial charge in [0.05, 0.1) is 0 Å². The van der Waals surface area contributed by atoms with Crippen molar-refractivity contribution in [2.75, 3.05) is 25.6 Å². The zero-order valence-corrected chi connectivity index (χ0v) is 11.4. The van der Waals surface area contributed by atoms with E-state index in [1.165, 1.54) is 0 Å². The molecular formula is C11H24N2OS. The van der Waals surface area contributed by atoms with Crippen LogP contribution in [0.2, 0.25) is 0 Å². The lowest BCUT2D eigenvalue weighted by atomic mass is 10.3. The maximum Gasteiger partial charge on any atom is 0.223 e. The zero-order chi connectivity index (χ0) is 11.8. The van der Waals surface area contributed by atoms with Crippen molar-refractivity contribution in [2.24, 2.45) is 0 Å². The van der Waals surface area contributed by atoms with Crippen LogP contribution in [0, 0.1) is 0 Å². The molecule has 4 heteroatoms. The van der Waals surface area contributed by atoms with Gasteiger partial charge in [-0.25, -0.2) is 0 Å². The van der Waals surface area contributed by atoms with Gasteiger partial charge < -0.3 is 10.2 Å². The molecule has 1 unspecified atom stereocenters. The van der Waals surface area contributed by atoms with Gasteiger partial charge in [-0.15, -0.1) is 0 Å². The van der Waals surface area contributed by atoms with Gasteiger partial charge in [-0.1, -0.05) is 13.8 Å². The van der Waals surface area contributed by atoms with E-state index in [0.29, 0.717) is 18.5 Å². The average molecular weight is 232 g/mol. The highest BCUT2D eigenvalue weighted by molar-refractivity contribution is 7.98. The standard InChI is InChI=1S/C11H24N2OS/c1-9(2)12-7-6-11(14)13(4)10(3)8-15-5/h9-10,12H,6-8H2,1-5H3. The van der Waals surface area contributed by atoms with Gasteiger partial charge in [0, 0.05) is 37.8 Å². The van der Waals surface area contributed by atoms with E-state index in [0.717, 1.165) is 12.3 Å². The Bertz CT molecular complexity index is 185. The summed E-state index contributed by atoms with van der Waals surface area (Å²) in [5.74, 6) is 1.23. The third-order valence-corrected chi connectivity index (χ3v) is 3.17. The lowest BCUT2D eigenvalue weighted by molar-refractivity contribution is -0.131. The van der Waals surface area contributed by atoms with Crippen LogP contribution in [0.5, 0.6) is 0 Å². The lowest BCUT2D eigenvalue weighted by Crippen LogP contribution is -2.38. The second-order valence-corrected chi connectivity index (χ2v) is 5.08. The van der Waals surface area contributed by atoms with E-state index in [4.69, 9.17) is 0 Å². The van der Waals surface area contributed by atoms with Gasteiger partial charge in [-0.05, 0) is 13.2 Å². The fourth-order valence-electron chi connectivity index (χ4n) is 1.24. The van der Waals surface area contributed by atoms with E-state index in [9.17, 15) is 4.79 Å². The summed E-state index contributed by atoms with van der Waals surface area (Å²) in [7, 11) is 1.89. The fraction of sp³-hybridized carbons (Fsp3) is 0.909. The highest BCUT2D eigenvalue weighted by Crippen LogP contribution is 2.04. The fourth-order valence-corrected chi connectivity index (χ4v) is 1.95. The molecule has 0 aliphatic carbocycles. The third kappa shape index (κ3) is 6.79. The molecule has 0 radical (unpaired) electrons. The number of hydrogen-bond acceptors (Lipinski definition) is 3. The predicted molar refractivity (Wildman–Crippen MR) is 68.4 cm³/mol. The van der Waals surface area contributed by atoms with Crippen LogP contribution in [-0.4, -0.2) is 48.5 Å². The van der Waals surface area contributed by atoms with E-state index in [-0.39, 0.29) is 5.91 Å². The molecule has 0 rings (SSSR count). The van der Waals surface area contributed by atoms with Gasteiger partial charge in [0.1, 0.15) is 0 Å². The van der Waals surface area contributed by atoms with Gasteiger partial charge >= 0.3 is 0 Å². The van der Waals surface area contributed by atoms with Crippen molar-refractivity contribution in [3.8, 4) is 0 Å². The maximum atomic E-state index is 11.7. The Labute approximate surface area is 98.0 Å². The predicted octanol–water partition coefficient (Wildman–Crippen LogP) is 1.58. The molecule has 1 amide bonds. The molecule has 90 valence electrons. The third-order valence-electron chi connectivity index (χ3n) is 2.35. The topological polar surface area (TPSA) is 32.3 Å². The van der Waals surface area contributed by atoms with Crippen LogP contribution in [0.15, 0.2) is 0 Å². The molecule has 15 heavy (non-hydrogen) atoms. The van der Waals surface area contributed by atoms with Crippen molar-refractivity contribution in [2.45, 2.75) is 39.3 Å². The first-order valence-electron chi connectivity index (χ1n) is 5.47. The second kappa shape index (κ2) is 7.99. The van der Waals surface area contributed by atoms with E-state index in [1.807, 2.05) is 11.9 Å². The second-order valence-electron chi connectivity index (χ2n) is 4.17. The molecule has 0 heterocycles. The summed E-state index contributed by atoms with van der Waals surface area (Å²) >= 11 is 1.77. The molecule has 1 atom stereocenters. The lowest BCUT2D eigenvalue weighted by Gasteiger charge is -2.24. The quantitative estimate of drug-likeness (QED) is 0.723. The van der Waals surface area contributed by atoms with E-state index in [1.54, 1.807) is 11.8 Å². The molecule has 0 aliphatic rings. The Morgan fingerprint density at radius 1 is 1.40 bits per heavy atom. The SMILES string of the molecule is CSCC(C)N(C)C(=O)CCNC(C)C. The Kier molecular flexibility index (Phi) is 7.88. The number of rotatable bonds is 7. The van der Waals surface area contributed by atoms with Crippen LogP contribution in [0.1, 0.15) is 27.2 Å². The largest absolute Gasteiger partial charge is 0.342 e. The Morgan fingerprint density at radius 2 is 2.00 bits per heavy atom. The maximum absolute atomic E-state index is 11.7. The molecule has 0 aromatic rings. The molecule has 0 aromatic carbocycles. The molecule has 0 saturated heterocycles. The minimum absolute atomic E-state index is 0.227. The van der Waals surface area contributed by atoms with Gasteiger partial charge in [0.2, 0.25) is 5.91 Å². The molecule has 1 N–H and O–H groups in total. The van der Waals surface area contributed by atoms with E-state index in [2.05, 4.69) is 32.3 Å². The molecule has 3 nitrogen and oxygen atoms in total. The van der Waals surface area contributed by atoms with Crippen LogP contribution in [0.4, 0.5) is 0 Å². The van der Waals surface area contributed by atoms with Crippen molar-refractivity contribution in [3.05, 3.63) is 0 Å². The molecule has 0 saturated carbocycles. The van der Waals surface area contributed by atoms with Gasteiger partial charge in [0.25, 0.3) is 0 Å². The van der Waals surface area contributed by atoms with Crippen LogP contribution in [0.25, 0.3) is 0 Å². The van der Waals surface area contributed by atoms with Crippen LogP contribution >= 0.6 is 11.8 Å².